The van der Waals surface area contributed by atoms with Crippen LogP contribution in [-0.2, 0) is 0 Å². The minimum Gasteiger partial charge on any atom is -0.491 e. The molecular formula is C18H20N2O4. The van der Waals surface area contributed by atoms with Crippen molar-refractivity contribution in [3.8, 4) is 5.75 Å². The number of hydrogen-bond donors (Lipinski definition) is 3. The van der Waals surface area contributed by atoms with Gasteiger partial charge in [0.2, 0.25) is 0 Å². The Morgan fingerprint density at radius 3 is 2.71 bits per heavy atom. The zero-order valence-corrected chi connectivity index (χ0v) is 13.6. The molecule has 6 nitrogen and oxygen atoms in total. The lowest BCUT2D eigenvalue weighted by Gasteiger charge is -2.14. The molecule has 3 N–H and O–H groups in total. The molecule has 3 aromatic rings. The zero-order valence-electron chi connectivity index (χ0n) is 13.6. The Morgan fingerprint density at radius 1 is 1.29 bits per heavy atom. The third-order valence-corrected chi connectivity index (χ3v) is 3.58. The van der Waals surface area contributed by atoms with Crippen LogP contribution in [0.1, 0.15) is 36.0 Å². The number of ether oxygens (including phenoxy) is 1. The fourth-order valence-corrected chi connectivity index (χ4v) is 2.41. The summed E-state index contributed by atoms with van der Waals surface area (Å²) in [5.74, 6) is 0.458. The first-order valence-electron chi connectivity index (χ1n) is 7.82. The number of nitrogens with one attached hydrogen (secondary N) is 2. The lowest BCUT2D eigenvalue weighted by atomic mass is 10.1. The number of benzene rings is 1. The standard InChI is InChI=1S/C18H20N2O4/c1-11(2)24-13-5-3-12(4-6-13)16(21)10-19-18(22)15-9-17-14(20-15)7-8-23-17/h3-9,11,16,20-21H,10H2,1-2H3,(H,19,22). The number of aromatic amines is 1. The monoisotopic (exact) mass is 328 g/mol. The molecule has 2 heterocycles. The van der Waals surface area contributed by atoms with Crippen LogP contribution >= 0.6 is 0 Å². The van der Waals surface area contributed by atoms with E-state index in [0.717, 1.165) is 11.3 Å². The summed E-state index contributed by atoms with van der Waals surface area (Å²) in [6.45, 7) is 4.02. The van der Waals surface area contributed by atoms with Crippen molar-refractivity contribution >= 4 is 17.0 Å². The quantitative estimate of drug-likeness (QED) is 0.649. The maximum absolute atomic E-state index is 12.1. The summed E-state index contributed by atoms with van der Waals surface area (Å²) in [5, 5.41) is 12.9. The summed E-state index contributed by atoms with van der Waals surface area (Å²) < 4.78 is 10.8. The third-order valence-electron chi connectivity index (χ3n) is 3.58. The van der Waals surface area contributed by atoms with Crippen LogP contribution in [0.4, 0.5) is 0 Å². The van der Waals surface area contributed by atoms with Crippen molar-refractivity contribution in [2.45, 2.75) is 26.1 Å². The van der Waals surface area contributed by atoms with E-state index in [1.54, 1.807) is 42.7 Å². The Morgan fingerprint density at radius 2 is 2.04 bits per heavy atom. The molecule has 1 amide bonds. The Bertz CT molecular complexity index is 789. The Kier molecular flexibility index (Phi) is 4.57. The molecule has 1 aromatic carbocycles. The smallest absolute Gasteiger partial charge is 0.267 e. The molecule has 0 spiro atoms. The molecule has 0 bridgehead atoms. The van der Waals surface area contributed by atoms with E-state index in [1.165, 1.54) is 0 Å². The number of aliphatic hydroxyl groups excluding tert-OH is 1. The molecule has 1 unspecified atom stereocenters. The maximum atomic E-state index is 12.1. The number of fused-ring (bicyclic) bond motifs is 1. The SMILES string of the molecule is CC(C)Oc1ccc(C(O)CNC(=O)c2cc3occc3[nH]2)cc1. The van der Waals surface area contributed by atoms with Gasteiger partial charge in [0.1, 0.15) is 11.4 Å². The number of H-pyrrole nitrogens is 1. The van der Waals surface area contributed by atoms with Gasteiger partial charge in [0.15, 0.2) is 5.58 Å². The van der Waals surface area contributed by atoms with Crippen molar-refractivity contribution < 1.29 is 19.1 Å². The molecule has 2 aromatic heterocycles. The number of amides is 1. The van der Waals surface area contributed by atoms with E-state index < -0.39 is 6.10 Å². The largest absolute Gasteiger partial charge is 0.491 e. The molecule has 0 aliphatic heterocycles. The van der Waals surface area contributed by atoms with E-state index in [4.69, 9.17) is 9.15 Å². The van der Waals surface area contributed by atoms with Gasteiger partial charge in [-0.15, -0.1) is 0 Å². The molecule has 3 rings (SSSR count). The molecule has 6 heteroatoms. The number of aliphatic hydroxyl groups is 1. The highest BCUT2D eigenvalue weighted by atomic mass is 16.5. The van der Waals surface area contributed by atoms with E-state index in [-0.39, 0.29) is 18.6 Å². The zero-order chi connectivity index (χ0) is 17.1. The van der Waals surface area contributed by atoms with Crippen molar-refractivity contribution in [2.75, 3.05) is 6.54 Å². The van der Waals surface area contributed by atoms with Gasteiger partial charge in [-0.1, -0.05) is 12.1 Å². The lowest BCUT2D eigenvalue weighted by molar-refractivity contribution is 0.0912. The number of aromatic nitrogens is 1. The minimum absolute atomic E-state index is 0.0984. The molecule has 1 atom stereocenters. The summed E-state index contributed by atoms with van der Waals surface area (Å²) in [5.41, 5.74) is 2.51. The van der Waals surface area contributed by atoms with E-state index in [9.17, 15) is 9.90 Å². The van der Waals surface area contributed by atoms with Crippen molar-refractivity contribution in [2.24, 2.45) is 0 Å². The van der Waals surface area contributed by atoms with Gasteiger partial charge < -0.3 is 24.6 Å². The number of furan rings is 1. The third kappa shape index (κ3) is 3.60. The van der Waals surface area contributed by atoms with Gasteiger partial charge in [0.05, 0.1) is 24.0 Å². The first-order valence-corrected chi connectivity index (χ1v) is 7.82. The predicted octanol–water partition coefficient (Wildman–Crippen LogP) is 3.01. The Labute approximate surface area is 139 Å². The molecule has 0 fully saturated rings. The van der Waals surface area contributed by atoms with Gasteiger partial charge in [-0.25, -0.2) is 0 Å². The molecule has 0 saturated heterocycles. The van der Waals surface area contributed by atoms with Crippen molar-refractivity contribution in [1.82, 2.24) is 10.3 Å². The van der Waals surface area contributed by atoms with Gasteiger partial charge in [-0.3, -0.25) is 4.79 Å². The van der Waals surface area contributed by atoms with Gasteiger partial charge in [-0.2, -0.15) is 0 Å². The second-order valence-electron chi connectivity index (χ2n) is 5.84. The lowest BCUT2D eigenvalue weighted by Crippen LogP contribution is -2.28. The van der Waals surface area contributed by atoms with Crippen LogP contribution in [0.5, 0.6) is 5.75 Å². The molecule has 126 valence electrons. The van der Waals surface area contributed by atoms with E-state index in [0.29, 0.717) is 16.8 Å². The van der Waals surface area contributed by atoms with Gasteiger partial charge in [-0.05, 0) is 31.5 Å². The summed E-state index contributed by atoms with van der Waals surface area (Å²) in [6.07, 6.45) is 0.862. The number of hydrogen-bond acceptors (Lipinski definition) is 4. The van der Waals surface area contributed by atoms with Crippen LogP contribution < -0.4 is 10.1 Å². The number of carbonyl (C=O) groups excluding carboxylic acids is 1. The molecule has 24 heavy (non-hydrogen) atoms. The minimum atomic E-state index is -0.792. The molecule has 0 radical (unpaired) electrons. The Balaban J connectivity index is 1.57. The van der Waals surface area contributed by atoms with Gasteiger partial charge in [0.25, 0.3) is 5.91 Å². The second-order valence-corrected chi connectivity index (χ2v) is 5.84. The second kappa shape index (κ2) is 6.80. The molecule has 0 aliphatic rings. The van der Waals surface area contributed by atoms with Gasteiger partial charge in [0, 0.05) is 18.7 Å². The highest BCUT2D eigenvalue weighted by Crippen LogP contribution is 2.19. The van der Waals surface area contributed by atoms with Crippen LogP contribution in [0, 0.1) is 0 Å². The summed E-state index contributed by atoms with van der Waals surface area (Å²) >= 11 is 0. The molecule has 0 saturated carbocycles. The summed E-state index contributed by atoms with van der Waals surface area (Å²) in [6, 6.07) is 10.6. The predicted molar refractivity (Wildman–Crippen MR) is 90.1 cm³/mol. The van der Waals surface area contributed by atoms with Crippen molar-refractivity contribution in [3.05, 3.63) is 53.9 Å². The molecule has 0 aliphatic carbocycles. The first-order chi connectivity index (χ1) is 11.5. The summed E-state index contributed by atoms with van der Waals surface area (Å²) in [4.78, 5) is 15.1. The first kappa shape index (κ1) is 16.1. The van der Waals surface area contributed by atoms with Crippen molar-refractivity contribution in [1.29, 1.82) is 0 Å². The number of rotatable bonds is 6. The highest BCUT2D eigenvalue weighted by Gasteiger charge is 2.14. The number of carbonyl (C=O) groups is 1. The van der Waals surface area contributed by atoms with Crippen LogP contribution in [0.25, 0.3) is 11.1 Å². The molecular weight excluding hydrogens is 308 g/mol. The van der Waals surface area contributed by atoms with Crippen molar-refractivity contribution in [3.63, 3.8) is 0 Å². The van der Waals surface area contributed by atoms with Crippen LogP contribution in [0.2, 0.25) is 0 Å². The average Bonchev–Trinajstić information content (AvgIpc) is 3.14. The van der Waals surface area contributed by atoms with E-state index >= 15 is 0 Å². The average molecular weight is 328 g/mol. The Hall–Kier alpha value is -2.73. The topological polar surface area (TPSA) is 87.5 Å². The van der Waals surface area contributed by atoms with Crippen LogP contribution in [-0.4, -0.2) is 28.6 Å². The van der Waals surface area contributed by atoms with Crippen LogP contribution in [0.3, 0.4) is 0 Å². The van der Waals surface area contributed by atoms with Gasteiger partial charge >= 0.3 is 0 Å². The van der Waals surface area contributed by atoms with E-state index in [2.05, 4.69) is 10.3 Å². The van der Waals surface area contributed by atoms with E-state index in [1.807, 2.05) is 13.8 Å². The fourth-order valence-electron chi connectivity index (χ4n) is 2.41. The normalized spacial score (nSPS) is 12.5. The summed E-state index contributed by atoms with van der Waals surface area (Å²) in [7, 11) is 0. The highest BCUT2D eigenvalue weighted by molar-refractivity contribution is 5.96. The fraction of sp³-hybridized carbons (Fsp3) is 0.278. The van der Waals surface area contributed by atoms with Crippen LogP contribution in [0.15, 0.2) is 47.1 Å². The maximum Gasteiger partial charge on any atom is 0.267 e.